The van der Waals surface area contributed by atoms with Crippen LogP contribution in [0.2, 0.25) is 0 Å². The highest BCUT2D eigenvalue weighted by atomic mass is 16.2. The van der Waals surface area contributed by atoms with Crippen LogP contribution < -0.4 is 0 Å². The van der Waals surface area contributed by atoms with Crippen LogP contribution in [0.4, 0.5) is 0 Å². The Balaban J connectivity index is 2.01. The second-order valence-electron chi connectivity index (χ2n) is 5.30. The molecule has 0 aromatic heterocycles. The molecule has 3 rings (SSSR count). The van der Waals surface area contributed by atoms with Gasteiger partial charge in [-0.3, -0.25) is 4.79 Å². The van der Waals surface area contributed by atoms with Crippen LogP contribution in [-0.2, 0) is 6.42 Å². The van der Waals surface area contributed by atoms with Gasteiger partial charge in [0.15, 0.2) is 0 Å². The van der Waals surface area contributed by atoms with E-state index >= 15 is 0 Å². The van der Waals surface area contributed by atoms with Gasteiger partial charge in [0.05, 0.1) is 0 Å². The number of carbonyl (C=O) groups is 1. The highest BCUT2D eigenvalue weighted by Crippen LogP contribution is 2.28. The molecule has 0 bridgehead atoms. The second-order valence-corrected chi connectivity index (χ2v) is 5.30. The Hall–Kier alpha value is -1.35. The first kappa shape index (κ1) is 10.8. The van der Waals surface area contributed by atoms with Gasteiger partial charge >= 0.3 is 0 Å². The van der Waals surface area contributed by atoms with Gasteiger partial charge < -0.3 is 9.80 Å². The maximum Gasteiger partial charge on any atom is 0.254 e. The fraction of sp³-hybridized carbons (Fsp3) is 0.500. The SMILES string of the molecule is CC1CN(C)C[C@@H]2Cc3ccccc3C(=O)N12. The van der Waals surface area contributed by atoms with Gasteiger partial charge in [-0.1, -0.05) is 18.2 Å². The van der Waals surface area contributed by atoms with Crippen molar-refractivity contribution >= 4 is 5.91 Å². The predicted octanol–water partition coefficient (Wildman–Crippen LogP) is 1.39. The monoisotopic (exact) mass is 230 g/mol. The normalized spacial score (nSPS) is 28.8. The number of hydrogen-bond acceptors (Lipinski definition) is 2. The van der Waals surface area contributed by atoms with Crippen LogP contribution in [0.1, 0.15) is 22.8 Å². The molecule has 1 aromatic carbocycles. The Morgan fingerprint density at radius 2 is 2.00 bits per heavy atom. The van der Waals surface area contributed by atoms with E-state index < -0.39 is 0 Å². The van der Waals surface area contributed by atoms with Crippen molar-refractivity contribution in [1.29, 1.82) is 0 Å². The van der Waals surface area contributed by atoms with Crippen molar-refractivity contribution in [3.05, 3.63) is 35.4 Å². The van der Waals surface area contributed by atoms with Crippen molar-refractivity contribution < 1.29 is 4.79 Å². The predicted molar refractivity (Wildman–Crippen MR) is 67.1 cm³/mol. The Labute approximate surface area is 102 Å². The molecule has 2 aliphatic heterocycles. The molecule has 1 unspecified atom stereocenters. The van der Waals surface area contributed by atoms with Crippen LogP contribution in [0.3, 0.4) is 0 Å². The lowest BCUT2D eigenvalue weighted by Crippen LogP contribution is -2.61. The minimum atomic E-state index is 0.220. The minimum absolute atomic E-state index is 0.220. The first-order chi connectivity index (χ1) is 8.16. The van der Waals surface area contributed by atoms with Gasteiger partial charge in [-0.25, -0.2) is 0 Å². The average Bonchev–Trinajstić information content (AvgIpc) is 2.28. The van der Waals surface area contributed by atoms with Crippen LogP contribution in [0.5, 0.6) is 0 Å². The fourth-order valence-electron chi connectivity index (χ4n) is 3.25. The van der Waals surface area contributed by atoms with Crippen molar-refractivity contribution in [3.8, 4) is 0 Å². The Morgan fingerprint density at radius 3 is 2.82 bits per heavy atom. The molecule has 1 fully saturated rings. The van der Waals surface area contributed by atoms with Crippen molar-refractivity contribution in [2.45, 2.75) is 25.4 Å². The maximum atomic E-state index is 12.5. The van der Waals surface area contributed by atoms with Crippen molar-refractivity contribution in [2.75, 3.05) is 20.1 Å². The van der Waals surface area contributed by atoms with Crippen LogP contribution in [0.15, 0.2) is 24.3 Å². The lowest BCUT2D eigenvalue weighted by Gasteiger charge is -2.47. The van der Waals surface area contributed by atoms with E-state index in [1.807, 2.05) is 18.2 Å². The summed E-state index contributed by atoms with van der Waals surface area (Å²) in [7, 11) is 2.14. The highest BCUT2D eigenvalue weighted by Gasteiger charge is 2.38. The first-order valence-electron chi connectivity index (χ1n) is 6.26. The maximum absolute atomic E-state index is 12.5. The van der Waals surface area contributed by atoms with Crippen molar-refractivity contribution in [2.24, 2.45) is 0 Å². The smallest absolute Gasteiger partial charge is 0.254 e. The van der Waals surface area contributed by atoms with Gasteiger partial charge in [0.25, 0.3) is 5.91 Å². The Bertz CT molecular complexity index is 457. The van der Waals surface area contributed by atoms with Crippen LogP contribution in [0.25, 0.3) is 0 Å². The summed E-state index contributed by atoms with van der Waals surface area (Å²) in [5.41, 5.74) is 2.11. The summed E-state index contributed by atoms with van der Waals surface area (Å²) < 4.78 is 0. The number of fused-ring (bicyclic) bond motifs is 2. The molecule has 2 atom stereocenters. The van der Waals surface area contributed by atoms with E-state index in [0.717, 1.165) is 25.1 Å². The number of hydrogen-bond donors (Lipinski definition) is 0. The van der Waals surface area contributed by atoms with Gasteiger partial charge in [-0.05, 0) is 32.0 Å². The van der Waals surface area contributed by atoms with Crippen LogP contribution in [-0.4, -0.2) is 47.9 Å². The molecule has 17 heavy (non-hydrogen) atoms. The lowest BCUT2D eigenvalue weighted by atomic mass is 9.90. The summed E-state index contributed by atoms with van der Waals surface area (Å²) in [6.45, 7) is 4.11. The largest absolute Gasteiger partial charge is 0.330 e. The summed E-state index contributed by atoms with van der Waals surface area (Å²) in [5.74, 6) is 0.220. The number of benzene rings is 1. The molecule has 90 valence electrons. The molecule has 2 heterocycles. The average molecular weight is 230 g/mol. The standard InChI is InChI=1S/C14H18N2O/c1-10-8-15(2)9-12-7-11-5-3-4-6-13(11)14(17)16(10)12/h3-6,10,12H,7-9H2,1-2H3/t10?,12-/m0/s1. The van der Waals surface area contributed by atoms with Gasteiger partial charge in [0.2, 0.25) is 0 Å². The van der Waals surface area contributed by atoms with E-state index in [9.17, 15) is 4.79 Å². The van der Waals surface area contributed by atoms with Crippen LogP contribution in [0, 0.1) is 0 Å². The summed E-state index contributed by atoms with van der Waals surface area (Å²) in [6.07, 6.45) is 0.997. The molecule has 1 amide bonds. The first-order valence-corrected chi connectivity index (χ1v) is 6.26. The lowest BCUT2D eigenvalue weighted by molar-refractivity contribution is 0.0269. The molecular weight excluding hydrogens is 212 g/mol. The van der Waals surface area contributed by atoms with Crippen molar-refractivity contribution in [3.63, 3.8) is 0 Å². The number of likely N-dealkylation sites (N-methyl/N-ethyl adjacent to an activating group) is 1. The second kappa shape index (κ2) is 3.84. The molecule has 0 N–H and O–H groups in total. The number of rotatable bonds is 0. The summed E-state index contributed by atoms with van der Waals surface area (Å²) >= 11 is 0. The van der Waals surface area contributed by atoms with E-state index in [1.54, 1.807) is 0 Å². The molecule has 0 spiro atoms. The molecule has 3 heteroatoms. The van der Waals surface area contributed by atoms with E-state index in [2.05, 4.69) is 29.8 Å². The number of nitrogens with zero attached hydrogens (tertiary/aromatic N) is 2. The third-order valence-corrected chi connectivity index (χ3v) is 3.90. The van der Waals surface area contributed by atoms with Gasteiger partial charge in [-0.15, -0.1) is 0 Å². The minimum Gasteiger partial charge on any atom is -0.330 e. The zero-order chi connectivity index (χ0) is 12.0. The molecule has 3 nitrogen and oxygen atoms in total. The molecule has 0 aliphatic carbocycles. The third-order valence-electron chi connectivity index (χ3n) is 3.90. The van der Waals surface area contributed by atoms with Crippen molar-refractivity contribution in [1.82, 2.24) is 9.80 Å². The topological polar surface area (TPSA) is 23.6 Å². The number of amides is 1. The highest BCUT2D eigenvalue weighted by molar-refractivity contribution is 5.97. The van der Waals surface area contributed by atoms with E-state index in [-0.39, 0.29) is 5.91 Å². The zero-order valence-electron chi connectivity index (χ0n) is 10.4. The van der Waals surface area contributed by atoms with E-state index in [1.165, 1.54) is 5.56 Å². The summed E-state index contributed by atoms with van der Waals surface area (Å²) in [6, 6.07) is 8.70. The molecule has 1 aromatic rings. The quantitative estimate of drug-likeness (QED) is 0.672. The fourth-order valence-corrected chi connectivity index (χ4v) is 3.25. The van der Waals surface area contributed by atoms with Gasteiger partial charge in [0, 0.05) is 30.7 Å². The summed E-state index contributed by atoms with van der Waals surface area (Å²) in [5, 5.41) is 0. The van der Waals surface area contributed by atoms with E-state index in [4.69, 9.17) is 0 Å². The molecule has 2 aliphatic rings. The number of piperazine rings is 1. The zero-order valence-corrected chi connectivity index (χ0v) is 10.4. The number of carbonyl (C=O) groups excluding carboxylic acids is 1. The van der Waals surface area contributed by atoms with Crippen LogP contribution >= 0.6 is 0 Å². The molecule has 0 saturated carbocycles. The van der Waals surface area contributed by atoms with Gasteiger partial charge in [0.1, 0.15) is 0 Å². The molecule has 1 saturated heterocycles. The summed E-state index contributed by atoms with van der Waals surface area (Å²) in [4.78, 5) is 16.9. The Morgan fingerprint density at radius 1 is 1.24 bits per heavy atom. The third kappa shape index (κ3) is 1.65. The van der Waals surface area contributed by atoms with Gasteiger partial charge in [-0.2, -0.15) is 0 Å². The molecular formula is C14H18N2O. The molecule has 0 radical (unpaired) electrons. The van der Waals surface area contributed by atoms with E-state index in [0.29, 0.717) is 12.1 Å². The Kier molecular flexibility index (Phi) is 2.44.